The van der Waals surface area contributed by atoms with Crippen LogP contribution in [0.15, 0.2) is 0 Å². The maximum Gasteiger partial charge on any atom is 0.102 e. The SMILES string of the molecule is CCCC(F)C(C)C. The minimum absolute atomic E-state index is 0.204. The molecule has 0 N–H and O–H groups in total. The van der Waals surface area contributed by atoms with Gasteiger partial charge in [0.2, 0.25) is 0 Å². The summed E-state index contributed by atoms with van der Waals surface area (Å²) in [5.41, 5.74) is 0. The summed E-state index contributed by atoms with van der Waals surface area (Å²) in [4.78, 5) is 0. The summed E-state index contributed by atoms with van der Waals surface area (Å²) in [6, 6.07) is 0. The number of alkyl halides is 1. The Bertz CT molecular complexity index is 50.3. The molecule has 50 valence electrons. The van der Waals surface area contributed by atoms with Crippen molar-refractivity contribution in [1.29, 1.82) is 0 Å². The largest absolute Gasteiger partial charge is 0.247 e. The van der Waals surface area contributed by atoms with Crippen molar-refractivity contribution in [3.63, 3.8) is 0 Å². The van der Waals surface area contributed by atoms with Crippen molar-refractivity contribution in [1.82, 2.24) is 0 Å². The molecular weight excluding hydrogens is 103 g/mol. The fourth-order valence-electron chi connectivity index (χ4n) is 0.609. The highest BCUT2D eigenvalue weighted by atomic mass is 19.1. The Labute approximate surface area is 51.1 Å². The molecule has 0 bridgehead atoms. The number of rotatable bonds is 3. The van der Waals surface area contributed by atoms with Crippen molar-refractivity contribution in [2.75, 3.05) is 0 Å². The van der Waals surface area contributed by atoms with Gasteiger partial charge in [-0.2, -0.15) is 0 Å². The zero-order valence-electron chi connectivity index (χ0n) is 5.95. The lowest BCUT2D eigenvalue weighted by Crippen LogP contribution is -2.07. The predicted octanol–water partition coefficient (Wildman–Crippen LogP) is 2.78. The molecule has 0 aromatic carbocycles. The monoisotopic (exact) mass is 118 g/mol. The van der Waals surface area contributed by atoms with E-state index in [1.54, 1.807) is 0 Å². The first kappa shape index (κ1) is 7.93. The first-order valence-electron chi connectivity index (χ1n) is 3.32. The maximum absolute atomic E-state index is 12.5. The first-order valence-corrected chi connectivity index (χ1v) is 3.32. The topological polar surface area (TPSA) is 0 Å². The van der Waals surface area contributed by atoms with Crippen molar-refractivity contribution >= 4 is 0 Å². The average Bonchev–Trinajstić information content (AvgIpc) is 1.67. The molecular formula is C7H15F. The molecule has 0 fully saturated rings. The van der Waals surface area contributed by atoms with Crippen LogP contribution in [-0.2, 0) is 0 Å². The van der Waals surface area contributed by atoms with Crippen LogP contribution in [0.3, 0.4) is 0 Å². The molecule has 0 rings (SSSR count). The third-order valence-electron chi connectivity index (χ3n) is 1.29. The number of halogens is 1. The van der Waals surface area contributed by atoms with Crippen LogP contribution in [0.4, 0.5) is 4.39 Å². The molecule has 0 saturated carbocycles. The molecule has 0 aromatic rings. The average molecular weight is 118 g/mol. The van der Waals surface area contributed by atoms with Gasteiger partial charge in [0.25, 0.3) is 0 Å². The Morgan fingerprint density at radius 3 is 2.00 bits per heavy atom. The van der Waals surface area contributed by atoms with E-state index in [9.17, 15) is 4.39 Å². The molecule has 1 heteroatoms. The van der Waals surface area contributed by atoms with Gasteiger partial charge in [0.1, 0.15) is 6.17 Å². The third-order valence-corrected chi connectivity index (χ3v) is 1.29. The second-order valence-corrected chi connectivity index (χ2v) is 2.55. The number of hydrogen-bond donors (Lipinski definition) is 0. The predicted molar refractivity (Wildman–Crippen MR) is 34.6 cm³/mol. The van der Waals surface area contributed by atoms with E-state index in [2.05, 4.69) is 0 Å². The van der Waals surface area contributed by atoms with Crippen molar-refractivity contribution in [3.8, 4) is 0 Å². The summed E-state index contributed by atoms with van der Waals surface area (Å²) in [6.07, 6.45) is 1.09. The molecule has 1 atom stereocenters. The fourth-order valence-corrected chi connectivity index (χ4v) is 0.609. The summed E-state index contributed by atoms with van der Waals surface area (Å²) < 4.78 is 12.5. The lowest BCUT2D eigenvalue weighted by atomic mass is 10.1. The Kier molecular flexibility index (Phi) is 3.84. The van der Waals surface area contributed by atoms with Gasteiger partial charge >= 0.3 is 0 Å². The first-order chi connectivity index (χ1) is 3.68. The summed E-state index contributed by atoms with van der Waals surface area (Å²) in [7, 11) is 0. The second kappa shape index (κ2) is 3.88. The molecule has 0 aliphatic heterocycles. The Balaban J connectivity index is 3.17. The van der Waals surface area contributed by atoms with Gasteiger partial charge in [0, 0.05) is 0 Å². The fraction of sp³-hybridized carbons (Fsp3) is 1.00. The van der Waals surface area contributed by atoms with Crippen molar-refractivity contribution in [2.24, 2.45) is 5.92 Å². The van der Waals surface area contributed by atoms with E-state index in [0.29, 0.717) is 0 Å². The molecule has 0 amide bonds. The van der Waals surface area contributed by atoms with Gasteiger partial charge in [0.15, 0.2) is 0 Å². The van der Waals surface area contributed by atoms with Gasteiger partial charge in [0.05, 0.1) is 0 Å². The molecule has 0 radical (unpaired) electrons. The summed E-state index contributed by atoms with van der Waals surface area (Å²) in [6.45, 7) is 5.84. The highest BCUT2D eigenvalue weighted by Crippen LogP contribution is 2.11. The lowest BCUT2D eigenvalue weighted by molar-refractivity contribution is 0.239. The molecule has 8 heavy (non-hydrogen) atoms. The van der Waals surface area contributed by atoms with Crippen LogP contribution < -0.4 is 0 Å². The van der Waals surface area contributed by atoms with Crippen LogP contribution in [0.1, 0.15) is 33.6 Å². The molecule has 0 aromatic heterocycles. The van der Waals surface area contributed by atoms with Crippen molar-refractivity contribution in [3.05, 3.63) is 0 Å². The van der Waals surface area contributed by atoms with Crippen LogP contribution >= 0.6 is 0 Å². The molecule has 0 nitrogen and oxygen atoms in total. The highest BCUT2D eigenvalue weighted by molar-refractivity contribution is 4.57. The van der Waals surface area contributed by atoms with Crippen molar-refractivity contribution in [2.45, 2.75) is 39.8 Å². The van der Waals surface area contributed by atoms with E-state index in [-0.39, 0.29) is 5.92 Å². The normalized spacial score (nSPS) is 14.6. The smallest absolute Gasteiger partial charge is 0.102 e. The van der Waals surface area contributed by atoms with E-state index in [4.69, 9.17) is 0 Å². The standard InChI is InChI=1S/C7H15F/c1-4-5-7(8)6(2)3/h6-7H,4-5H2,1-3H3. The van der Waals surface area contributed by atoms with Crippen LogP contribution in [0.2, 0.25) is 0 Å². The van der Waals surface area contributed by atoms with E-state index in [0.717, 1.165) is 12.8 Å². The summed E-state index contributed by atoms with van der Waals surface area (Å²) in [5.74, 6) is 0.204. The van der Waals surface area contributed by atoms with Crippen LogP contribution in [0, 0.1) is 5.92 Å². The van der Waals surface area contributed by atoms with E-state index in [1.807, 2.05) is 20.8 Å². The van der Waals surface area contributed by atoms with Gasteiger partial charge in [-0.3, -0.25) is 0 Å². The molecule has 0 aliphatic carbocycles. The molecule has 0 spiro atoms. The summed E-state index contributed by atoms with van der Waals surface area (Å²) in [5, 5.41) is 0. The van der Waals surface area contributed by atoms with Crippen LogP contribution in [0.5, 0.6) is 0 Å². The van der Waals surface area contributed by atoms with Crippen LogP contribution in [-0.4, -0.2) is 6.17 Å². The molecule has 0 saturated heterocycles. The highest BCUT2D eigenvalue weighted by Gasteiger charge is 2.08. The minimum Gasteiger partial charge on any atom is -0.247 e. The molecule has 0 heterocycles. The van der Waals surface area contributed by atoms with E-state index >= 15 is 0 Å². The maximum atomic E-state index is 12.5. The number of hydrogen-bond acceptors (Lipinski definition) is 0. The zero-order chi connectivity index (χ0) is 6.57. The van der Waals surface area contributed by atoms with Gasteiger partial charge in [-0.15, -0.1) is 0 Å². The third kappa shape index (κ3) is 3.00. The Morgan fingerprint density at radius 2 is 1.88 bits per heavy atom. The molecule has 1 unspecified atom stereocenters. The Hall–Kier alpha value is -0.0700. The van der Waals surface area contributed by atoms with Gasteiger partial charge in [-0.25, -0.2) is 4.39 Å². The van der Waals surface area contributed by atoms with Gasteiger partial charge in [-0.1, -0.05) is 27.2 Å². The summed E-state index contributed by atoms with van der Waals surface area (Å²) >= 11 is 0. The van der Waals surface area contributed by atoms with Crippen LogP contribution in [0.25, 0.3) is 0 Å². The van der Waals surface area contributed by atoms with Crippen molar-refractivity contribution < 1.29 is 4.39 Å². The zero-order valence-corrected chi connectivity index (χ0v) is 5.95. The Morgan fingerprint density at radius 1 is 1.38 bits per heavy atom. The quantitative estimate of drug-likeness (QED) is 0.534. The van der Waals surface area contributed by atoms with Gasteiger partial charge in [-0.05, 0) is 12.3 Å². The second-order valence-electron chi connectivity index (χ2n) is 2.55. The van der Waals surface area contributed by atoms with Gasteiger partial charge < -0.3 is 0 Å². The molecule has 0 aliphatic rings. The minimum atomic E-state index is -0.583. The van der Waals surface area contributed by atoms with E-state index < -0.39 is 6.17 Å². The van der Waals surface area contributed by atoms with E-state index in [1.165, 1.54) is 0 Å². The lowest BCUT2D eigenvalue weighted by Gasteiger charge is -2.08.